The van der Waals surface area contributed by atoms with E-state index in [4.69, 9.17) is 4.98 Å². The lowest BCUT2D eigenvalue weighted by atomic mass is 9.99. The summed E-state index contributed by atoms with van der Waals surface area (Å²) in [5.74, 6) is 0.352. The van der Waals surface area contributed by atoms with Gasteiger partial charge in [-0.05, 0) is 50.0 Å². The molecule has 3 heterocycles. The lowest BCUT2D eigenvalue weighted by molar-refractivity contribution is 0.942. The maximum atomic E-state index is 4.85. The molecule has 0 amide bonds. The van der Waals surface area contributed by atoms with E-state index in [-0.39, 0.29) is 0 Å². The van der Waals surface area contributed by atoms with Gasteiger partial charge in [-0.15, -0.1) is 0 Å². The fourth-order valence-corrected chi connectivity index (χ4v) is 3.04. The highest BCUT2D eigenvalue weighted by atomic mass is 15.0. The molecule has 1 aliphatic heterocycles. The van der Waals surface area contributed by atoms with Gasteiger partial charge in [0.25, 0.3) is 0 Å². The third-order valence-electron chi connectivity index (χ3n) is 4.31. The molecule has 0 saturated heterocycles. The molecule has 0 bridgehead atoms. The van der Waals surface area contributed by atoms with E-state index in [2.05, 4.69) is 52.6 Å². The number of allylic oxidation sites excluding steroid dienone is 5. The molecule has 132 valence electrons. The van der Waals surface area contributed by atoms with Crippen LogP contribution in [-0.2, 0) is 0 Å². The van der Waals surface area contributed by atoms with Crippen molar-refractivity contribution in [3.05, 3.63) is 71.5 Å². The molecule has 0 radical (unpaired) electrons. The minimum atomic E-state index is 0.352. The van der Waals surface area contributed by atoms with Crippen LogP contribution in [0.1, 0.15) is 43.3 Å². The number of fused-ring (bicyclic) bond motifs is 1. The monoisotopic (exact) mass is 344 g/mol. The summed E-state index contributed by atoms with van der Waals surface area (Å²) in [4.78, 5) is 13.6. The fourth-order valence-electron chi connectivity index (χ4n) is 3.04. The second-order valence-corrected chi connectivity index (χ2v) is 6.29. The van der Waals surface area contributed by atoms with E-state index in [0.717, 1.165) is 33.7 Å². The van der Waals surface area contributed by atoms with Gasteiger partial charge in [-0.3, -0.25) is 14.4 Å². The molecule has 4 heteroatoms. The Morgan fingerprint density at radius 1 is 1.23 bits per heavy atom. The summed E-state index contributed by atoms with van der Waals surface area (Å²) in [6.07, 6.45) is 19.7. The van der Waals surface area contributed by atoms with Gasteiger partial charge in [0.2, 0.25) is 0 Å². The van der Waals surface area contributed by atoms with Gasteiger partial charge < -0.3 is 0 Å². The first-order chi connectivity index (χ1) is 12.7. The summed E-state index contributed by atoms with van der Waals surface area (Å²) in [5.41, 5.74) is 6.25. The molecular formula is C22H24N4. The molecule has 2 aromatic rings. The van der Waals surface area contributed by atoms with Crippen molar-refractivity contribution >= 4 is 29.7 Å². The van der Waals surface area contributed by atoms with Crippen molar-refractivity contribution in [3.63, 3.8) is 0 Å². The van der Waals surface area contributed by atoms with Crippen LogP contribution in [0.3, 0.4) is 0 Å². The Kier molecular flexibility index (Phi) is 5.42. The average Bonchev–Trinajstić information content (AvgIpc) is 2.82. The SMILES string of the molecule is C/C=C\c1nc2c(C)c(C3=CC(C)C=CN=C3)ccn2c1C=N/C=C/C. The maximum Gasteiger partial charge on any atom is 0.141 e. The smallest absolute Gasteiger partial charge is 0.141 e. The summed E-state index contributed by atoms with van der Waals surface area (Å²) < 4.78 is 2.09. The average molecular weight is 344 g/mol. The van der Waals surface area contributed by atoms with Crippen molar-refractivity contribution < 1.29 is 0 Å². The van der Waals surface area contributed by atoms with E-state index in [9.17, 15) is 0 Å². The number of aromatic nitrogens is 2. The van der Waals surface area contributed by atoms with Gasteiger partial charge in [-0.25, -0.2) is 4.98 Å². The largest absolute Gasteiger partial charge is 0.298 e. The molecule has 1 unspecified atom stereocenters. The first-order valence-electron chi connectivity index (χ1n) is 8.86. The van der Waals surface area contributed by atoms with E-state index in [1.165, 1.54) is 0 Å². The van der Waals surface area contributed by atoms with Crippen molar-refractivity contribution in [1.82, 2.24) is 9.38 Å². The van der Waals surface area contributed by atoms with Crippen molar-refractivity contribution in [2.75, 3.05) is 0 Å². The second-order valence-electron chi connectivity index (χ2n) is 6.29. The van der Waals surface area contributed by atoms with Crippen molar-refractivity contribution in [3.8, 4) is 0 Å². The Hall–Kier alpha value is -3.01. The van der Waals surface area contributed by atoms with Gasteiger partial charge in [-0.2, -0.15) is 0 Å². The molecule has 26 heavy (non-hydrogen) atoms. The van der Waals surface area contributed by atoms with Crippen molar-refractivity contribution in [1.29, 1.82) is 0 Å². The predicted octanol–water partition coefficient (Wildman–Crippen LogP) is 5.25. The number of aryl methyl sites for hydroxylation is 1. The molecular weight excluding hydrogens is 320 g/mol. The highest BCUT2D eigenvalue weighted by molar-refractivity contribution is 6.11. The summed E-state index contributed by atoms with van der Waals surface area (Å²) >= 11 is 0. The molecule has 0 fully saturated rings. The van der Waals surface area contributed by atoms with Crippen LogP contribution in [-0.4, -0.2) is 21.8 Å². The van der Waals surface area contributed by atoms with Crippen LogP contribution in [0.2, 0.25) is 0 Å². The van der Waals surface area contributed by atoms with Crippen LogP contribution in [0.25, 0.3) is 17.3 Å². The Morgan fingerprint density at radius 2 is 2.08 bits per heavy atom. The fraction of sp³-hybridized carbons (Fsp3) is 0.227. The number of pyridine rings is 1. The highest BCUT2D eigenvalue weighted by Gasteiger charge is 2.14. The highest BCUT2D eigenvalue weighted by Crippen LogP contribution is 2.26. The van der Waals surface area contributed by atoms with E-state index < -0.39 is 0 Å². The molecule has 1 atom stereocenters. The Morgan fingerprint density at radius 3 is 2.85 bits per heavy atom. The summed E-state index contributed by atoms with van der Waals surface area (Å²) in [5, 5.41) is 0. The van der Waals surface area contributed by atoms with Gasteiger partial charge in [-0.1, -0.05) is 31.2 Å². The van der Waals surface area contributed by atoms with Gasteiger partial charge in [0.15, 0.2) is 0 Å². The molecule has 3 rings (SSSR count). The first-order valence-corrected chi connectivity index (χ1v) is 8.86. The molecule has 0 N–H and O–H groups in total. The Balaban J connectivity index is 2.18. The van der Waals surface area contributed by atoms with Crippen LogP contribution in [0, 0.1) is 12.8 Å². The van der Waals surface area contributed by atoms with E-state index >= 15 is 0 Å². The number of aliphatic imine (C=N–C) groups is 2. The van der Waals surface area contributed by atoms with Gasteiger partial charge in [0.1, 0.15) is 5.65 Å². The summed E-state index contributed by atoms with van der Waals surface area (Å²) in [6, 6.07) is 2.13. The molecule has 0 aliphatic carbocycles. The lowest BCUT2D eigenvalue weighted by Crippen LogP contribution is -1.99. The van der Waals surface area contributed by atoms with Crippen LogP contribution >= 0.6 is 0 Å². The van der Waals surface area contributed by atoms with E-state index in [1.807, 2.05) is 50.7 Å². The Labute approximate surface area is 154 Å². The van der Waals surface area contributed by atoms with Crippen LogP contribution in [0.5, 0.6) is 0 Å². The normalized spacial score (nSPS) is 17.8. The molecule has 2 aromatic heterocycles. The number of hydrogen-bond donors (Lipinski definition) is 0. The zero-order valence-corrected chi connectivity index (χ0v) is 15.7. The first kappa shape index (κ1) is 17.8. The van der Waals surface area contributed by atoms with E-state index in [1.54, 1.807) is 6.20 Å². The standard InChI is InChI=1S/C22H24N4/c1-5-7-20-21(15-23-10-6-2)26-12-9-19(17(4)22(26)25-20)18-13-16(3)8-11-24-14-18/h5-16H,1-4H3/b7-5-,10-6+,23-15?. The van der Waals surface area contributed by atoms with Gasteiger partial charge in [0.05, 0.1) is 17.6 Å². The third-order valence-corrected chi connectivity index (χ3v) is 4.31. The molecule has 4 nitrogen and oxygen atoms in total. The minimum absolute atomic E-state index is 0.352. The number of imidazole rings is 1. The quantitative estimate of drug-likeness (QED) is 0.699. The lowest BCUT2D eigenvalue weighted by Gasteiger charge is -2.09. The number of rotatable bonds is 4. The second kappa shape index (κ2) is 7.91. The molecule has 0 aromatic carbocycles. The summed E-state index contributed by atoms with van der Waals surface area (Å²) in [6.45, 7) is 8.22. The van der Waals surface area contributed by atoms with Crippen molar-refractivity contribution in [2.24, 2.45) is 15.9 Å². The zero-order valence-electron chi connectivity index (χ0n) is 15.7. The minimum Gasteiger partial charge on any atom is -0.298 e. The number of nitrogens with zero attached hydrogens (tertiary/aromatic N) is 4. The number of hydrogen-bond acceptors (Lipinski definition) is 3. The molecule has 1 aliphatic rings. The third kappa shape index (κ3) is 3.49. The van der Waals surface area contributed by atoms with Crippen LogP contribution < -0.4 is 0 Å². The van der Waals surface area contributed by atoms with Crippen LogP contribution in [0.15, 0.2) is 59.0 Å². The van der Waals surface area contributed by atoms with Gasteiger partial charge >= 0.3 is 0 Å². The van der Waals surface area contributed by atoms with E-state index in [0.29, 0.717) is 5.92 Å². The van der Waals surface area contributed by atoms with Crippen LogP contribution in [0.4, 0.5) is 0 Å². The Bertz CT molecular complexity index is 981. The molecule has 0 spiro atoms. The molecule has 0 saturated carbocycles. The predicted molar refractivity (Wildman–Crippen MR) is 112 cm³/mol. The zero-order chi connectivity index (χ0) is 18.5. The van der Waals surface area contributed by atoms with Gasteiger partial charge in [0, 0.05) is 30.4 Å². The maximum absolute atomic E-state index is 4.85. The topological polar surface area (TPSA) is 42.0 Å². The van der Waals surface area contributed by atoms with Crippen molar-refractivity contribution in [2.45, 2.75) is 27.7 Å². The summed E-state index contributed by atoms with van der Waals surface area (Å²) in [7, 11) is 0.